The monoisotopic (exact) mass is 283 g/mol. The van der Waals surface area contributed by atoms with Crippen molar-refractivity contribution in [3.05, 3.63) is 35.6 Å². The van der Waals surface area contributed by atoms with Crippen molar-refractivity contribution in [3.63, 3.8) is 0 Å². The van der Waals surface area contributed by atoms with Gasteiger partial charge >= 0.3 is 6.09 Å². The Labute approximate surface area is 119 Å². The predicted octanol–water partition coefficient (Wildman–Crippen LogP) is 2.60. The van der Waals surface area contributed by atoms with Gasteiger partial charge in [-0.25, -0.2) is 9.18 Å². The number of hydrogen-bond acceptors (Lipinski definition) is 3. The maximum atomic E-state index is 13.3. The van der Waals surface area contributed by atoms with Crippen LogP contribution in [0.25, 0.3) is 0 Å². The fourth-order valence-corrected chi connectivity index (χ4v) is 1.69. The van der Waals surface area contributed by atoms with Crippen LogP contribution < -0.4 is 5.32 Å². The molecule has 0 aliphatic heterocycles. The molecule has 4 nitrogen and oxygen atoms in total. The molecule has 0 spiro atoms. The average molecular weight is 283 g/mol. The average Bonchev–Trinajstić information content (AvgIpc) is 2.34. The van der Waals surface area contributed by atoms with Crippen LogP contribution in [0.3, 0.4) is 0 Å². The van der Waals surface area contributed by atoms with Crippen molar-refractivity contribution >= 4 is 6.09 Å². The summed E-state index contributed by atoms with van der Waals surface area (Å²) >= 11 is 0. The molecular formula is C15H22FNO3. The summed E-state index contributed by atoms with van der Waals surface area (Å²) < 4.78 is 18.4. The fraction of sp³-hybridized carbons (Fsp3) is 0.533. The van der Waals surface area contributed by atoms with Gasteiger partial charge in [-0.05, 0) is 38.5 Å². The Balaban J connectivity index is 2.74. The molecule has 112 valence electrons. The summed E-state index contributed by atoms with van der Waals surface area (Å²) in [4.78, 5) is 11.6. The zero-order valence-corrected chi connectivity index (χ0v) is 12.4. The van der Waals surface area contributed by atoms with E-state index in [9.17, 15) is 14.3 Å². The number of carbonyl (C=O) groups is 1. The quantitative estimate of drug-likeness (QED) is 0.893. The highest BCUT2D eigenvalue weighted by atomic mass is 19.1. The van der Waals surface area contributed by atoms with Crippen molar-refractivity contribution in [2.75, 3.05) is 13.2 Å². The second-order valence-corrected chi connectivity index (χ2v) is 6.08. The van der Waals surface area contributed by atoms with Crippen LogP contribution in [-0.4, -0.2) is 30.0 Å². The third-order valence-corrected chi connectivity index (χ3v) is 2.89. The molecule has 0 fully saturated rings. The van der Waals surface area contributed by atoms with Gasteiger partial charge in [0, 0.05) is 12.0 Å². The van der Waals surface area contributed by atoms with Gasteiger partial charge in [-0.15, -0.1) is 0 Å². The topological polar surface area (TPSA) is 58.6 Å². The normalized spacial score (nSPS) is 14.5. The summed E-state index contributed by atoms with van der Waals surface area (Å²) in [7, 11) is 0. The molecule has 0 aliphatic rings. The van der Waals surface area contributed by atoms with Crippen LogP contribution >= 0.6 is 0 Å². The van der Waals surface area contributed by atoms with E-state index < -0.39 is 17.1 Å². The first kappa shape index (κ1) is 16.4. The van der Waals surface area contributed by atoms with E-state index in [1.807, 2.05) is 0 Å². The SMILES string of the molecule is CC(C)(C)OC(=O)NCC(C)(CO)c1cccc(F)c1. The van der Waals surface area contributed by atoms with Gasteiger partial charge in [0.25, 0.3) is 0 Å². The second kappa shape index (κ2) is 6.22. The van der Waals surface area contributed by atoms with Gasteiger partial charge in [-0.2, -0.15) is 0 Å². The molecule has 5 heteroatoms. The van der Waals surface area contributed by atoms with Crippen LogP contribution in [0.2, 0.25) is 0 Å². The first-order chi connectivity index (χ1) is 9.16. The van der Waals surface area contributed by atoms with Gasteiger partial charge in [-0.1, -0.05) is 19.1 Å². The minimum absolute atomic E-state index is 0.155. The number of halogens is 1. The lowest BCUT2D eigenvalue weighted by atomic mass is 9.83. The van der Waals surface area contributed by atoms with Gasteiger partial charge in [0.1, 0.15) is 11.4 Å². The molecule has 1 aromatic carbocycles. The van der Waals surface area contributed by atoms with Gasteiger partial charge < -0.3 is 15.2 Å². The van der Waals surface area contributed by atoms with E-state index in [0.717, 1.165) is 0 Å². The molecule has 0 saturated heterocycles. The Morgan fingerprint density at radius 2 is 2.00 bits per heavy atom. The Hall–Kier alpha value is -1.62. The number of nitrogens with one attached hydrogen (secondary N) is 1. The molecule has 0 saturated carbocycles. The minimum Gasteiger partial charge on any atom is -0.444 e. The Morgan fingerprint density at radius 3 is 2.50 bits per heavy atom. The summed E-state index contributed by atoms with van der Waals surface area (Å²) in [6.07, 6.45) is -0.562. The second-order valence-electron chi connectivity index (χ2n) is 6.08. The minimum atomic E-state index is -0.765. The van der Waals surface area contributed by atoms with Crippen LogP contribution in [-0.2, 0) is 10.2 Å². The number of benzene rings is 1. The van der Waals surface area contributed by atoms with Crippen LogP contribution in [0.4, 0.5) is 9.18 Å². The first-order valence-corrected chi connectivity index (χ1v) is 6.50. The smallest absolute Gasteiger partial charge is 0.407 e. The van der Waals surface area contributed by atoms with Crippen LogP contribution in [0.5, 0.6) is 0 Å². The molecule has 0 bridgehead atoms. The number of aliphatic hydroxyl groups is 1. The molecular weight excluding hydrogens is 261 g/mol. The molecule has 1 amide bonds. The number of amides is 1. The summed E-state index contributed by atoms with van der Waals surface area (Å²) in [5.74, 6) is -0.376. The molecule has 1 atom stereocenters. The summed E-state index contributed by atoms with van der Waals surface area (Å²) in [5, 5.41) is 12.2. The molecule has 20 heavy (non-hydrogen) atoms. The Morgan fingerprint density at radius 1 is 1.35 bits per heavy atom. The van der Waals surface area contributed by atoms with E-state index in [1.165, 1.54) is 12.1 Å². The van der Waals surface area contributed by atoms with Crippen molar-refractivity contribution in [1.29, 1.82) is 0 Å². The maximum absolute atomic E-state index is 13.3. The highest BCUT2D eigenvalue weighted by Crippen LogP contribution is 2.23. The standard InChI is InChI=1S/C15H22FNO3/c1-14(2,3)20-13(19)17-9-15(4,10-18)11-6-5-7-12(16)8-11/h5-8,18H,9-10H2,1-4H3,(H,17,19). The number of aliphatic hydroxyl groups excluding tert-OH is 1. The number of hydrogen-bond donors (Lipinski definition) is 2. The highest BCUT2D eigenvalue weighted by Gasteiger charge is 2.28. The van der Waals surface area contributed by atoms with Crippen LogP contribution in [0.1, 0.15) is 33.3 Å². The van der Waals surface area contributed by atoms with Crippen molar-refractivity contribution < 1.29 is 19.0 Å². The zero-order chi connectivity index (χ0) is 15.4. The lowest BCUT2D eigenvalue weighted by Gasteiger charge is -2.29. The van der Waals surface area contributed by atoms with Gasteiger partial charge in [0.05, 0.1) is 6.61 Å². The summed E-state index contributed by atoms with van der Waals surface area (Å²) in [5.41, 5.74) is -0.728. The molecule has 0 aliphatic carbocycles. The van der Waals surface area contributed by atoms with Gasteiger partial charge in [-0.3, -0.25) is 0 Å². The van der Waals surface area contributed by atoms with Gasteiger partial charge in [0.2, 0.25) is 0 Å². The predicted molar refractivity (Wildman–Crippen MR) is 75.1 cm³/mol. The zero-order valence-electron chi connectivity index (χ0n) is 12.4. The lowest BCUT2D eigenvalue weighted by Crippen LogP contribution is -2.43. The Kier molecular flexibility index (Phi) is 5.11. The first-order valence-electron chi connectivity index (χ1n) is 6.50. The summed E-state index contributed by atoms with van der Waals surface area (Å²) in [6.45, 7) is 6.99. The largest absolute Gasteiger partial charge is 0.444 e. The molecule has 1 unspecified atom stereocenters. The van der Waals surface area contributed by atoms with E-state index in [-0.39, 0.29) is 19.0 Å². The van der Waals surface area contributed by atoms with Crippen molar-refractivity contribution in [2.45, 2.75) is 38.7 Å². The number of alkyl carbamates (subject to hydrolysis) is 1. The number of carbonyl (C=O) groups excluding carboxylic acids is 1. The number of rotatable bonds is 4. The van der Waals surface area contributed by atoms with Crippen LogP contribution in [0, 0.1) is 5.82 Å². The number of ether oxygens (including phenoxy) is 1. The van der Waals surface area contributed by atoms with E-state index in [0.29, 0.717) is 5.56 Å². The Bertz CT molecular complexity index is 470. The van der Waals surface area contributed by atoms with E-state index in [2.05, 4.69) is 5.32 Å². The molecule has 1 rings (SSSR count). The lowest BCUT2D eigenvalue weighted by molar-refractivity contribution is 0.0507. The van der Waals surface area contributed by atoms with Crippen molar-refractivity contribution in [3.8, 4) is 0 Å². The van der Waals surface area contributed by atoms with E-state index >= 15 is 0 Å². The van der Waals surface area contributed by atoms with Crippen molar-refractivity contribution in [2.24, 2.45) is 0 Å². The molecule has 2 N–H and O–H groups in total. The molecule has 0 radical (unpaired) electrons. The van der Waals surface area contributed by atoms with Crippen molar-refractivity contribution in [1.82, 2.24) is 5.32 Å². The molecule has 1 aromatic rings. The third-order valence-electron chi connectivity index (χ3n) is 2.89. The highest BCUT2D eigenvalue weighted by molar-refractivity contribution is 5.67. The third kappa shape index (κ3) is 4.81. The summed E-state index contributed by atoms with van der Waals surface area (Å²) in [6, 6.07) is 5.98. The van der Waals surface area contributed by atoms with Gasteiger partial charge in [0.15, 0.2) is 0 Å². The van der Waals surface area contributed by atoms with Crippen LogP contribution in [0.15, 0.2) is 24.3 Å². The molecule has 0 heterocycles. The fourth-order valence-electron chi connectivity index (χ4n) is 1.69. The van der Waals surface area contributed by atoms with E-state index in [4.69, 9.17) is 4.74 Å². The molecule has 0 aromatic heterocycles. The van der Waals surface area contributed by atoms with E-state index in [1.54, 1.807) is 39.8 Å². The maximum Gasteiger partial charge on any atom is 0.407 e.